The lowest BCUT2D eigenvalue weighted by atomic mass is 9.74. The zero-order valence-corrected chi connectivity index (χ0v) is 13.5. The van der Waals surface area contributed by atoms with Gasteiger partial charge in [0, 0.05) is 23.0 Å². The second-order valence-electron chi connectivity index (χ2n) is 6.08. The molecule has 3 rings (SSSR count). The summed E-state index contributed by atoms with van der Waals surface area (Å²) in [6, 6.07) is 6.15. The first-order valence-electron chi connectivity index (χ1n) is 7.32. The second-order valence-corrected chi connectivity index (χ2v) is 6.93. The third kappa shape index (κ3) is 2.61. The van der Waals surface area contributed by atoms with Crippen molar-refractivity contribution in [3.05, 3.63) is 28.2 Å². The fourth-order valence-electron chi connectivity index (χ4n) is 3.42. The van der Waals surface area contributed by atoms with Crippen molar-refractivity contribution in [2.75, 3.05) is 20.3 Å². The van der Waals surface area contributed by atoms with Gasteiger partial charge in [-0.3, -0.25) is 0 Å². The van der Waals surface area contributed by atoms with Crippen molar-refractivity contribution in [1.82, 2.24) is 0 Å². The average molecular weight is 340 g/mol. The Hall–Kier alpha value is -0.580. The van der Waals surface area contributed by atoms with Crippen molar-refractivity contribution in [1.29, 1.82) is 0 Å². The maximum Gasteiger partial charge on any atom is 0.119 e. The van der Waals surface area contributed by atoms with Gasteiger partial charge in [0.25, 0.3) is 0 Å². The monoisotopic (exact) mass is 339 g/mol. The predicted molar refractivity (Wildman–Crippen MR) is 83.0 cm³/mol. The number of halogens is 1. The Kier molecular flexibility index (Phi) is 4.07. The summed E-state index contributed by atoms with van der Waals surface area (Å²) in [4.78, 5) is 0. The van der Waals surface area contributed by atoms with Gasteiger partial charge in [0.15, 0.2) is 0 Å². The van der Waals surface area contributed by atoms with Crippen LogP contribution in [0, 0.1) is 11.3 Å². The number of methoxy groups -OCH3 is 1. The molecule has 2 atom stereocenters. The Bertz CT molecular complexity index is 489. The van der Waals surface area contributed by atoms with Gasteiger partial charge in [-0.25, -0.2) is 0 Å². The number of hydrogen-bond acceptors (Lipinski definition) is 3. The predicted octanol–water partition coefficient (Wildman–Crippen LogP) is 3.14. The molecule has 1 aromatic rings. The van der Waals surface area contributed by atoms with E-state index in [0.29, 0.717) is 12.6 Å². The molecule has 1 saturated carbocycles. The molecule has 2 fully saturated rings. The number of ether oxygens (including phenoxy) is 2. The van der Waals surface area contributed by atoms with Crippen molar-refractivity contribution in [3.8, 4) is 5.75 Å². The van der Waals surface area contributed by atoms with E-state index in [0.717, 1.165) is 35.6 Å². The van der Waals surface area contributed by atoms with Gasteiger partial charge in [-0.1, -0.05) is 15.9 Å². The quantitative estimate of drug-likeness (QED) is 0.896. The van der Waals surface area contributed by atoms with E-state index in [1.807, 2.05) is 6.07 Å². The van der Waals surface area contributed by atoms with Gasteiger partial charge in [0.2, 0.25) is 0 Å². The first-order chi connectivity index (χ1) is 9.68. The number of nitrogens with two attached hydrogens (primary N) is 1. The standard InChI is InChI=1S/C16H22BrNO2/c1-19-13-4-5-14(17)12(8-13)9-16(10-18)6-7-20-15(16)11-2-3-11/h4-5,8,11,15H,2-3,6-7,9-10,18H2,1H3. The lowest BCUT2D eigenvalue weighted by Crippen LogP contribution is -2.41. The molecular weight excluding hydrogens is 318 g/mol. The molecule has 2 aliphatic rings. The van der Waals surface area contributed by atoms with E-state index in [1.54, 1.807) is 7.11 Å². The molecule has 0 radical (unpaired) electrons. The third-order valence-corrected chi connectivity index (χ3v) is 5.53. The van der Waals surface area contributed by atoms with Gasteiger partial charge in [0.1, 0.15) is 5.75 Å². The van der Waals surface area contributed by atoms with Crippen molar-refractivity contribution >= 4 is 15.9 Å². The van der Waals surface area contributed by atoms with Gasteiger partial charge in [-0.2, -0.15) is 0 Å². The highest BCUT2D eigenvalue weighted by Crippen LogP contribution is 2.49. The lowest BCUT2D eigenvalue weighted by Gasteiger charge is -2.33. The molecule has 0 bridgehead atoms. The molecule has 0 spiro atoms. The van der Waals surface area contributed by atoms with E-state index in [9.17, 15) is 0 Å². The first-order valence-corrected chi connectivity index (χ1v) is 8.12. The summed E-state index contributed by atoms with van der Waals surface area (Å²) in [6.45, 7) is 1.54. The van der Waals surface area contributed by atoms with Gasteiger partial charge in [-0.05, 0) is 55.4 Å². The van der Waals surface area contributed by atoms with E-state index in [2.05, 4.69) is 28.1 Å². The van der Waals surface area contributed by atoms with Gasteiger partial charge < -0.3 is 15.2 Å². The van der Waals surface area contributed by atoms with E-state index in [4.69, 9.17) is 15.2 Å². The van der Waals surface area contributed by atoms with Crippen LogP contribution in [0.4, 0.5) is 0 Å². The van der Waals surface area contributed by atoms with E-state index in [1.165, 1.54) is 18.4 Å². The van der Waals surface area contributed by atoms with Crippen LogP contribution in [0.2, 0.25) is 0 Å². The molecule has 1 saturated heterocycles. The minimum atomic E-state index is 0.0933. The van der Waals surface area contributed by atoms with Crippen LogP contribution in [0.15, 0.2) is 22.7 Å². The highest BCUT2D eigenvalue weighted by Gasteiger charge is 2.50. The Balaban J connectivity index is 1.87. The molecule has 0 amide bonds. The highest BCUT2D eigenvalue weighted by atomic mass is 79.9. The summed E-state index contributed by atoms with van der Waals surface area (Å²) in [5, 5.41) is 0. The van der Waals surface area contributed by atoms with Crippen LogP contribution in [-0.2, 0) is 11.2 Å². The number of rotatable bonds is 5. The third-order valence-electron chi connectivity index (χ3n) is 4.75. The Morgan fingerprint density at radius 3 is 2.90 bits per heavy atom. The molecular formula is C16H22BrNO2. The molecule has 1 aliphatic heterocycles. The minimum absolute atomic E-state index is 0.0933. The lowest BCUT2D eigenvalue weighted by molar-refractivity contribution is 0.0344. The minimum Gasteiger partial charge on any atom is -0.497 e. The van der Waals surface area contributed by atoms with Gasteiger partial charge in [0.05, 0.1) is 13.2 Å². The van der Waals surface area contributed by atoms with E-state index in [-0.39, 0.29) is 5.41 Å². The van der Waals surface area contributed by atoms with Crippen LogP contribution in [0.25, 0.3) is 0 Å². The first kappa shape index (κ1) is 14.4. The summed E-state index contributed by atoms with van der Waals surface area (Å²) < 4.78 is 12.5. The summed E-state index contributed by atoms with van der Waals surface area (Å²) in [7, 11) is 1.71. The zero-order valence-electron chi connectivity index (χ0n) is 11.9. The fraction of sp³-hybridized carbons (Fsp3) is 0.625. The van der Waals surface area contributed by atoms with Crippen LogP contribution in [-0.4, -0.2) is 26.4 Å². The van der Waals surface area contributed by atoms with Crippen molar-refractivity contribution in [2.24, 2.45) is 17.1 Å². The van der Waals surface area contributed by atoms with Crippen LogP contribution in [0.3, 0.4) is 0 Å². The zero-order chi connectivity index (χ0) is 14.2. The Morgan fingerprint density at radius 2 is 2.25 bits per heavy atom. The highest BCUT2D eigenvalue weighted by molar-refractivity contribution is 9.10. The molecule has 2 unspecified atom stereocenters. The SMILES string of the molecule is COc1ccc(Br)c(CC2(CN)CCOC2C2CC2)c1. The molecule has 4 heteroatoms. The van der Waals surface area contributed by atoms with Gasteiger partial charge in [-0.15, -0.1) is 0 Å². The molecule has 20 heavy (non-hydrogen) atoms. The Morgan fingerprint density at radius 1 is 1.45 bits per heavy atom. The average Bonchev–Trinajstić information content (AvgIpc) is 3.23. The molecule has 110 valence electrons. The van der Waals surface area contributed by atoms with Crippen molar-refractivity contribution in [2.45, 2.75) is 31.8 Å². The maximum atomic E-state index is 6.17. The van der Waals surface area contributed by atoms with Gasteiger partial charge >= 0.3 is 0 Å². The number of benzene rings is 1. The second kappa shape index (κ2) is 5.66. The van der Waals surface area contributed by atoms with Crippen molar-refractivity contribution < 1.29 is 9.47 Å². The molecule has 3 nitrogen and oxygen atoms in total. The van der Waals surface area contributed by atoms with E-state index >= 15 is 0 Å². The van der Waals surface area contributed by atoms with Crippen LogP contribution >= 0.6 is 15.9 Å². The summed E-state index contributed by atoms with van der Waals surface area (Å²) in [5.74, 6) is 1.63. The summed E-state index contributed by atoms with van der Waals surface area (Å²) in [6.07, 6.45) is 4.96. The summed E-state index contributed by atoms with van der Waals surface area (Å²) >= 11 is 3.66. The molecule has 1 aliphatic carbocycles. The van der Waals surface area contributed by atoms with Crippen LogP contribution < -0.4 is 10.5 Å². The van der Waals surface area contributed by atoms with E-state index < -0.39 is 0 Å². The van der Waals surface area contributed by atoms with Crippen molar-refractivity contribution in [3.63, 3.8) is 0 Å². The maximum absolute atomic E-state index is 6.17. The summed E-state index contributed by atoms with van der Waals surface area (Å²) in [5.41, 5.74) is 7.53. The normalized spacial score (nSPS) is 29.6. The molecule has 2 N–H and O–H groups in total. The fourth-order valence-corrected chi connectivity index (χ4v) is 3.80. The Labute approximate surface area is 129 Å². The smallest absolute Gasteiger partial charge is 0.119 e. The largest absolute Gasteiger partial charge is 0.497 e. The molecule has 1 heterocycles. The number of hydrogen-bond donors (Lipinski definition) is 1. The molecule has 0 aromatic heterocycles. The molecule has 1 aromatic carbocycles. The van der Waals surface area contributed by atoms with Crippen LogP contribution in [0.1, 0.15) is 24.8 Å². The van der Waals surface area contributed by atoms with Crippen LogP contribution in [0.5, 0.6) is 5.75 Å². The topological polar surface area (TPSA) is 44.5 Å².